The van der Waals surface area contributed by atoms with Gasteiger partial charge in [-0.1, -0.05) is 13.0 Å². The predicted octanol–water partition coefficient (Wildman–Crippen LogP) is 3.25. The summed E-state index contributed by atoms with van der Waals surface area (Å²) in [6.45, 7) is 2.21. The third-order valence-electron chi connectivity index (χ3n) is 6.54. The molecule has 1 aromatic carbocycles. The van der Waals surface area contributed by atoms with Crippen molar-refractivity contribution in [1.82, 2.24) is 0 Å². The fourth-order valence-electron chi connectivity index (χ4n) is 5.36. The molecule has 2 saturated carbocycles. The smallest absolute Gasteiger partial charge is 0.163 e. The summed E-state index contributed by atoms with van der Waals surface area (Å²) in [5.41, 5.74) is 1.84. The quantitative estimate of drug-likeness (QED) is 0.769. The first-order chi connectivity index (χ1) is 10.0. The molecule has 0 radical (unpaired) electrons. The van der Waals surface area contributed by atoms with Gasteiger partial charge in [0, 0.05) is 12.0 Å². The van der Waals surface area contributed by atoms with Gasteiger partial charge in [-0.25, -0.2) is 0 Å². The van der Waals surface area contributed by atoms with Crippen molar-refractivity contribution in [2.24, 2.45) is 17.3 Å². The molecule has 3 aliphatic rings. The molecule has 3 heteroatoms. The van der Waals surface area contributed by atoms with Gasteiger partial charge in [-0.15, -0.1) is 0 Å². The summed E-state index contributed by atoms with van der Waals surface area (Å²) in [4.78, 5) is 12.5. The Bertz CT molecular complexity index is 608. The van der Waals surface area contributed by atoms with E-state index in [0.717, 1.165) is 36.8 Å². The maximum Gasteiger partial charge on any atom is 0.163 e. The Kier molecular flexibility index (Phi) is 2.74. The van der Waals surface area contributed by atoms with Crippen molar-refractivity contribution >= 4 is 5.78 Å². The number of aromatic hydroxyl groups is 1. The van der Waals surface area contributed by atoms with Crippen LogP contribution in [0.2, 0.25) is 0 Å². The van der Waals surface area contributed by atoms with Gasteiger partial charge < -0.3 is 10.2 Å². The van der Waals surface area contributed by atoms with Gasteiger partial charge in [0.15, 0.2) is 5.78 Å². The molecular formula is C18H22O3. The number of hydrogen-bond acceptors (Lipinski definition) is 3. The minimum atomic E-state index is -0.209. The summed E-state index contributed by atoms with van der Waals surface area (Å²) >= 11 is 0. The van der Waals surface area contributed by atoms with Crippen LogP contribution in [0.15, 0.2) is 18.2 Å². The van der Waals surface area contributed by atoms with Crippen LogP contribution < -0.4 is 0 Å². The maximum absolute atomic E-state index is 12.5. The van der Waals surface area contributed by atoms with Crippen LogP contribution >= 0.6 is 0 Å². The third kappa shape index (κ3) is 1.73. The van der Waals surface area contributed by atoms with Gasteiger partial charge >= 0.3 is 0 Å². The van der Waals surface area contributed by atoms with E-state index in [1.165, 1.54) is 0 Å². The van der Waals surface area contributed by atoms with Gasteiger partial charge in [-0.2, -0.15) is 0 Å². The summed E-state index contributed by atoms with van der Waals surface area (Å²) in [7, 11) is 0. The Labute approximate surface area is 125 Å². The van der Waals surface area contributed by atoms with Crippen molar-refractivity contribution in [2.45, 2.75) is 51.0 Å². The average Bonchev–Trinajstić information content (AvgIpc) is 2.76. The molecule has 2 N–H and O–H groups in total. The number of hydrogen-bond donors (Lipinski definition) is 2. The van der Waals surface area contributed by atoms with E-state index < -0.39 is 0 Å². The van der Waals surface area contributed by atoms with Crippen molar-refractivity contribution in [1.29, 1.82) is 0 Å². The topological polar surface area (TPSA) is 57.5 Å². The van der Waals surface area contributed by atoms with E-state index >= 15 is 0 Å². The highest BCUT2D eigenvalue weighted by Crippen LogP contribution is 2.60. The van der Waals surface area contributed by atoms with Gasteiger partial charge in [0.2, 0.25) is 0 Å². The summed E-state index contributed by atoms with van der Waals surface area (Å²) in [5, 5.41) is 20.0. The fourth-order valence-corrected chi connectivity index (χ4v) is 5.36. The number of ketones is 1. The lowest BCUT2D eigenvalue weighted by Gasteiger charge is -2.49. The second-order valence-electron chi connectivity index (χ2n) is 7.41. The number of benzene rings is 1. The van der Waals surface area contributed by atoms with Gasteiger partial charge in [0.05, 0.1) is 6.10 Å². The summed E-state index contributed by atoms with van der Waals surface area (Å²) < 4.78 is 0. The van der Waals surface area contributed by atoms with Gasteiger partial charge in [0.1, 0.15) is 5.75 Å². The Morgan fingerprint density at radius 2 is 2.05 bits per heavy atom. The number of Topliss-reactive ketones (excluding diaryl/α,β-unsaturated/α-hetero) is 1. The highest BCUT2D eigenvalue weighted by atomic mass is 16.3. The minimum Gasteiger partial charge on any atom is -0.508 e. The Morgan fingerprint density at radius 1 is 1.24 bits per heavy atom. The van der Waals surface area contributed by atoms with Crippen LogP contribution in [0.4, 0.5) is 0 Å². The maximum atomic E-state index is 12.5. The molecule has 0 spiro atoms. The van der Waals surface area contributed by atoms with Crippen molar-refractivity contribution in [3.63, 3.8) is 0 Å². The van der Waals surface area contributed by atoms with Gasteiger partial charge in [-0.05, 0) is 66.5 Å². The molecule has 2 fully saturated rings. The van der Waals surface area contributed by atoms with Crippen LogP contribution in [0, 0.1) is 17.3 Å². The fraction of sp³-hybridized carbons (Fsp3) is 0.611. The zero-order valence-electron chi connectivity index (χ0n) is 12.4. The lowest BCUT2D eigenvalue weighted by molar-refractivity contribution is -0.0208. The monoisotopic (exact) mass is 286 g/mol. The molecule has 0 saturated heterocycles. The van der Waals surface area contributed by atoms with Crippen LogP contribution in [-0.2, 0) is 0 Å². The molecule has 0 aromatic heterocycles. The normalized spacial score (nSPS) is 41.3. The van der Waals surface area contributed by atoms with E-state index in [9.17, 15) is 15.0 Å². The number of rotatable bonds is 0. The lowest BCUT2D eigenvalue weighted by Crippen LogP contribution is -2.44. The van der Waals surface area contributed by atoms with E-state index in [1.54, 1.807) is 12.1 Å². The second-order valence-corrected chi connectivity index (χ2v) is 7.41. The number of phenols is 1. The number of carbonyl (C=O) groups is 1. The van der Waals surface area contributed by atoms with Crippen LogP contribution in [0.5, 0.6) is 5.75 Å². The van der Waals surface area contributed by atoms with Crippen molar-refractivity contribution in [2.75, 3.05) is 0 Å². The van der Waals surface area contributed by atoms with Crippen molar-refractivity contribution in [3.8, 4) is 5.75 Å². The highest BCUT2D eigenvalue weighted by molar-refractivity contribution is 5.99. The van der Waals surface area contributed by atoms with E-state index in [-0.39, 0.29) is 23.1 Å². The van der Waals surface area contributed by atoms with Crippen molar-refractivity contribution in [3.05, 3.63) is 29.3 Å². The summed E-state index contributed by atoms with van der Waals surface area (Å²) in [5.74, 6) is 1.58. The van der Waals surface area contributed by atoms with Gasteiger partial charge in [-0.3, -0.25) is 4.79 Å². The molecule has 112 valence electrons. The van der Waals surface area contributed by atoms with E-state index in [2.05, 4.69) is 6.92 Å². The zero-order valence-corrected chi connectivity index (χ0v) is 12.4. The first-order valence-electron chi connectivity index (χ1n) is 8.05. The zero-order chi connectivity index (χ0) is 14.8. The number of fused-ring (bicyclic) bond motifs is 5. The number of phenolic OH excluding ortho intramolecular Hbond substituents is 1. The molecule has 0 aliphatic heterocycles. The Balaban J connectivity index is 1.77. The summed E-state index contributed by atoms with van der Waals surface area (Å²) in [6.07, 6.45) is 4.36. The Morgan fingerprint density at radius 3 is 2.86 bits per heavy atom. The van der Waals surface area contributed by atoms with E-state index in [0.29, 0.717) is 24.2 Å². The molecule has 1 aromatic rings. The summed E-state index contributed by atoms with van der Waals surface area (Å²) in [6, 6.07) is 5.27. The molecule has 0 amide bonds. The van der Waals surface area contributed by atoms with Gasteiger partial charge in [0.25, 0.3) is 0 Å². The van der Waals surface area contributed by atoms with Crippen LogP contribution in [-0.4, -0.2) is 22.1 Å². The lowest BCUT2D eigenvalue weighted by atomic mass is 9.55. The number of carbonyl (C=O) groups excluding carboxylic acids is 1. The molecule has 3 nitrogen and oxygen atoms in total. The van der Waals surface area contributed by atoms with Crippen LogP contribution in [0.1, 0.15) is 60.9 Å². The molecule has 0 heterocycles. The molecule has 3 aliphatic carbocycles. The largest absolute Gasteiger partial charge is 0.508 e. The minimum absolute atomic E-state index is 0.00410. The second kappa shape index (κ2) is 4.33. The standard InChI is InChI=1S/C18H22O3/c1-18-7-6-12-11-3-2-10(19)8-14(11)16(20)9-13(12)15(18)4-5-17(18)21/h2-3,8,12-13,15,17,19,21H,4-7,9H2,1H3/t12-,13-,15-,17-,18-/m0/s1. The molecule has 21 heavy (non-hydrogen) atoms. The third-order valence-corrected chi connectivity index (χ3v) is 6.54. The first kappa shape index (κ1) is 13.3. The molecule has 0 unspecified atom stereocenters. The SMILES string of the molecule is C[C@]12CC[C@H]3c4ccc(O)cc4C(=O)C[C@@H]3[C@@H]1CC[C@@H]2O. The predicted molar refractivity (Wildman–Crippen MR) is 79.4 cm³/mol. The van der Waals surface area contributed by atoms with Crippen LogP contribution in [0.3, 0.4) is 0 Å². The first-order valence-corrected chi connectivity index (χ1v) is 8.05. The number of aliphatic hydroxyl groups is 1. The van der Waals surface area contributed by atoms with E-state index in [4.69, 9.17) is 0 Å². The van der Waals surface area contributed by atoms with Crippen LogP contribution in [0.25, 0.3) is 0 Å². The molecule has 4 rings (SSSR count). The Hall–Kier alpha value is -1.35. The van der Waals surface area contributed by atoms with Crippen molar-refractivity contribution < 1.29 is 15.0 Å². The molecular weight excluding hydrogens is 264 g/mol. The molecule has 5 atom stereocenters. The average molecular weight is 286 g/mol. The number of aliphatic hydroxyl groups excluding tert-OH is 1. The molecule has 0 bridgehead atoms. The highest BCUT2D eigenvalue weighted by Gasteiger charge is 2.55. The van der Waals surface area contributed by atoms with E-state index in [1.807, 2.05) is 6.07 Å².